The first kappa shape index (κ1) is 24.9. The van der Waals surface area contributed by atoms with E-state index in [1.807, 2.05) is 24.3 Å². The molecule has 7 nitrogen and oxygen atoms in total. The zero-order valence-corrected chi connectivity index (χ0v) is 21.2. The first-order valence-electron chi connectivity index (χ1n) is 9.78. The van der Waals surface area contributed by atoms with E-state index in [4.69, 9.17) is 9.47 Å². The first-order valence-corrected chi connectivity index (χ1v) is 13.2. The highest BCUT2D eigenvalue weighted by molar-refractivity contribution is 9.10. The van der Waals surface area contributed by atoms with Crippen LogP contribution in [0.2, 0.25) is 0 Å². The fourth-order valence-electron chi connectivity index (χ4n) is 2.88. The summed E-state index contributed by atoms with van der Waals surface area (Å²) in [6, 6.07) is 18.6. The van der Waals surface area contributed by atoms with Crippen LogP contribution in [-0.2, 0) is 20.6 Å². The Hall–Kier alpha value is -2.69. The van der Waals surface area contributed by atoms with Crippen LogP contribution in [0.5, 0.6) is 11.5 Å². The van der Waals surface area contributed by atoms with Gasteiger partial charge < -0.3 is 14.8 Å². The highest BCUT2D eigenvalue weighted by atomic mass is 79.9. The zero-order valence-electron chi connectivity index (χ0n) is 18.0. The lowest BCUT2D eigenvalue weighted by molar-refractivity contribution is -0.113. The maximum atomic E-state index is 12.8. The van der Waals surface area contributed by atoms with Gasteiger partial charge in [0.2, 0.25) is 5.91 Å². The van der Waals surface area contributed by atoms with Crippen LogP contribution in [0, 0.1) is 0 Å². The number of nitrogens with one attached hydrogen (secondary N) is 2. The molecule has 174 valence electrons. The third-order valence-electron chi connectivity index (χ3n) is 4.55. The molecule has 0 atom stereocenters. The van der Waals surface area contributed by atoms with Crippen LogP contribution in [0.4, 0.5) is 11.4 Å². The maximum absolute atomic E-state index is 12.8. The van der Waals surface area contributed by atoms with Crippen molar-refractivity contribution in [2.75, 3.05) is 30.0 Å². The number of carbonyl (C=O) groups is 1. The summed E-state index contributed by atoms with van der Waals surface area (Å²) in [7, 11) is -0.927. The van der Waals surface area contributed by atoms with Gasteiger partial charge in [-0.25, -0.2) is 8.42 Å². The van der Waals surface area contributed by atoms with E-state index < -0.39 is 10.0 Å². The van der Waals surface area contributed by atoms with E-state index in [1.54, 1.807) is 24.3 Å². The van der Waals surface area contributed by atoms with Gasteiger partial charge in [-0.15, -0.1) is 11.8 Å². The third kappa shape index (κ3) is 6.89. The number of hydrogen-bond acceptors (Lipinski definition) is 6. The molecule has 0 unspecified atom stereocenters. The second-order valence-electron chi connectivity index (χ2n) is 6.83. The van der Waals surface area contributed by atoms with Crippen molar-refractivity contribution in [3.63, 3.8) is 0 Å². The lowest BCUT2D eigenvalue weighted by atomic mass is 10.2. The fraction of sp³-hybridized carbons (Fsp3) is 0.174. The lowest BCUT2D eigenvalue weighted by Crippen LogP contribution is -2.15. The molecular formula is C23H23BrN2O5S2. The minimum absolute atomic E-state index is 0.0497. The van der Waals surface area contributed by atoms with Crippen LogP contribution in [0.3, 0.4) is 0 Å². The van der Waals surface area contributed by atoms with Gasteiger partial charge in [0.05, 0.1) is 30.6 Å². The summed E-state index contributed by atoms with van der Waals surface area (Å²) >= 11 is 4.99. The van der Waals surface area contributed by atoms with Crippen LogP contribution in [0.1, 0.15) is 5.56 Å². The Balaban J connectivity index is 1.60. The summed E-state index contributed by atoms with van der Waals surface area (Å²) in [5, 5.41) is 2.78. The van der Waals surface area contributed by atoms with E-state index >= 15 is 0 Å². The summed E-state index contributed by atoms with van der Waals surface area (Å²) in [6.45, 7) is 0. The lowest BCUT2D eigenvalue weighted by Gasteiger charge is -2.13. The van der Waals surface area contributed by atoms with Gasteiger partial charge in [0.25, 0.3) is 10.0 Å². The molecule has 0 aliphatic rings. The van der Waals surface area contributed by atoms with Gasteiger partial charge >= 0.3 is 0 Å². The average Bonchev–Trinajstić information content (AvgIpc) is 2.80. The number of benzene rings is 3. The summed E-state index contributed by atoms with van der Waals surface area (Å²) in [4.78, 5) is 12.3. The maximum Gasteiger partial charge on any atom is 0.262 e. The molecule has 0 aromatic heterocycles. The molecule has 0 bridgehead atoms. The molecule has 2 N–H and O–H groups in total. The summed E-state index contributed by atoms with van der Waals surface area (Å²) in [5.41, 5.74) is 1.89. The molecule has 0 spiro atoms. The number of halogens is 1. The van der Waals surface area contributed by atoms with Gasteiger partial charge in [0.15, 0.2) is 0 Å². The van der Waals surface area contributed by atoms with E-state index in [-0.39, 0.29) is 22.2 Å². The minimum atomic E-state index is -3.87. The molecule has 0 fully saturated rings. The highest BCUT2D eigenvalue weighted by Gasteiger charge is 2.17. The van der Waals surface area contributed by atoms with Crippen molar-refractivity contribution in [1.82, 2.24) is 0 Å². The van der Waals surface area contributed by atoms with Gasteiger partial charge in [-0.2, -0.15) is 0 Å². The number of hydrogen-bond donors (Lipinski definition) is 2. The van der Waals surface area contributed by atoms with Crippen molar-refractivity contribution in [2.24, 2.45) is 0 Å². The molecular weight excluding hydrogens is 528 g/mol. The van der Waals surface area contributed by atoms with Gasteiger partial charge in [0, 0.05) is 22.0 Å². The SMILES string of the molecule is COc1ccc(OC)c(NS(=O)(=O)c2ccc(NC(=O)CSCc3ccccc3Br)cc2)c1. The molecule has 0 heterocycles. The Morgan fingerprint density at radius 1 is 1.00 bits per heavy atom. The number of amides is 1. The summed E-state index contributed by atoms with van der Waals surface area (Å²) in [6.07, 6.45) is 0. The molecule has 0 radical (unpaired) electrons. The van der Waals surface area contributed by atoms with Crippen molar-refractivity contribution in [3.05, 3.63) is 76.8 Å². The van der Waals surface area contributed by atoms with Crippen LogP contribution in [0.15, 0.2) is 76.1 Å². The van der Waals surface area contributed by atoms with Crippen LogP contribution < -0.4 is 19.5 Å². The Morgan fingerprint density at radius 2 is 1.73 bits per heavy atom. The Kier molecular flexibility index (Phi) is 8.65. The first-order chi connectivity index (χ1) is 15.8. The number of carbonyl (C=O) groups excluding carboxylic acids is 1. The average molecular weight is 551 g/mol. The molecule has 0 saturated carbocycles. The van der Waals surface area contributed by atoms with Crippen molar-refractivity contribution in [2.45, 2.75) is 10.6 Å². The molecule has 3 aromatic rings. The Labute approximate surface area is 206 Å². The quantitative estimate of drug-likeness (QED) is 0.363. The second kappa shape index (κ2) is 11.4. The number of ether oxygens (including phenoxy) is 2. The Bertz CT molecular complexity index is 1220. The van der Waals surface area contributed by atoms with E-state index in [9.17, 15) is 13.2 Å². The predicted molar refractivity (Wildman–Crippen MR) is 136 cm³/mol. The molecule has 0 saturated heterocycles. The molecule has 0 aliphatic carbocycles. The van der Waals surface area contributed by atoms with E-state index in [0.29, 0.717) is 22.9 Å². The van der Waals surface area contributed by atoms with Crippen LogP contribution in [0.25, 0.3) is 0 Å². The molecule has 3 rings (SSSR count). The number of sulfonamides is 1. The van der Waals surface area contributed by atoms with E-state index in [1.165, 1.54) is 44.2 Å². The van der Waals surface area contributed by atoms with Crippen LogP contribution >= 0.6 is 27.7 Å². The number of rotatable bonds is 10. The van der Waals surface area contributed by atoms with Crippen LogP contribution in [-0.4, -0.2) is 34.3 Å². The summed E-state index contributed by atoms with van der Waals surface area (Å²) in [5.74, 6) is 1.67. The van der Waals surface area contributed by atoms with Crippen molar-refractivity contribution >= 4 is 55.0 Å². The third-order valence-corrected chi connectivity index (χ3v) is 7.68. The predicted octanol–water partition coefficient (Wildman–Crippen LogP) is 5.14. The molecule has 3 aromatic carbocycles. The largest absolute Gasteiger partial charge is 0.497 e. The number of methoxy groups -OCH3 is 2. The fourth-order valence-corrected chi connectivity index (χ4v) is 5.38. The Morgan fingerprint density at radius 3 is 2.39 bits per heavy atom. The van der Waals surface area contributed by atoms with Crippen molar-refractivity contribution in [3.8, 4) is 11.5 Å². The standard InChI is InChI=1S/C23H23BrN2O5S2/c1-30-18-9-12-22(31-2)21(13-18)26-33(28,29)19-10-7-17(8-11-19)25-23(27)15-32-14-16-5-3-4-6-20(16)24/h3-13,26H,14-15H2,1-2H3,(H,25,27). The molecule has 10 heteroatoms. The summed E-state index contributed by atoms with van der Waals surface area (Å²) < 4.78 is 39.5. The number of thioether (sulfide) groups is 1. The van der Waals surface area contributed by atoms with Crippen molar-refractivity contribution in [1.29, 1.82) is 0 Å². The zero-order chi connectivity index (χ0) is 23.8. The molecule has 33 heavy (non-hydrogen) atoms. The van der Waals surface area contributed by atoms with Crippen molar-refractivity contribution < 1.29 is 22.7 Å². The number of anilines is 2. The molecule has 1 amide bonds. The molecule has 0 aliphatic heterocycles. The smallest absolute Gasteiger partial charge is 0.262 e. The van der Waals surface area contributed by atoms with E-state index in [0.717, 1.165) is 10.0 Å². The normalized spacial score (nSPS) is 11.0. The topological polar surface area (TPSA) is 93.7 Å². The minimum Gasteiger partial charge on any atom is -0.497 e. The van der Waals surface area contributed by atoms with E-state index in [2.05, 4.69) is 26.0 Å². The second-order valence-corrected chi connectivity index (χ2v) is 10.4. The van der Waals surface area contributed by atoms with Gasteiger partial charge in [-0.05, 0) is 48.0 Å². The highest BCUT2D eigenvalue weighted by Crippen LogP contribution is 2.31. The van der Waals surface area contributed by atoms with Gasteiger partial charge in [-0.1, -0.05) is 34.1 Å². The van der Waals surface area contributed by atoms with Gasteiger partial charge in [0.1, 0.15) is 11.5 Å². The van der Waals surface area contributed by atoms with Gasteiger partial charge in [-0.3, -0.25) is 9.52 Å². The monoisotopic (exact) mass is 550 g/mol.